The largest absolute Gasteiger partial charge is 0.496 e. The molecule has 0 aliphatic carbocycles. The maximum atomic E-state index is 12.8. The topological polar surface area (TPSA) is 42.0 Å². The number of hydrogen-bond donors (Lipinski definition) is 0. The predicted octanol–water partition coefficient (Wildman–Crippen LogP) is 5.70. The van der Waals surface area contributed by atoms with Crippen LogP contribution in [0.1, 0.15) is 22.3 Å². The van der Waals surface area contributed by atoms with Gasteiger partial charge in [-0.25, -0.2) is 0 Å². The predicted molar refractivity (Wildman–Crippen MR) is 144 cm³/mol. The van der Waals surface area contributed by atoms with Crippen molar-refractivity contribution >= 4 is 27.9 Å². The molecule has 1 amide bonds. The number of methoxy groups -OCH3 is 1. The number of rotatable bonds is 8. The van der Waals surface area contributed by atoms with Crippen LogP contribution in [0.3, 0.4) is 0 Å². The highest BCUT2D eigenvalue weighted by Crippen LogP contribution is 2.23. The van der Waals surface area contributed by atoms with Crippen LogP contribution < -0.4 is 9.47 Å². The van der Waals surface area contributed by atoms with Gasteiger partial charge in [0.2, 0.25) is 5.91 Å². The molecule has 0 spiro atoms. The smallest absolute Gasteiger partial charge is 0.246 e. The molecule has 1 fully saturated rings. The molecule has 3 aromatic carbocycles. The van der Waals surface area contributed by atoms with E-state index in [1.807, 2.05) is 66.4 Å². The summed E-state index contributed by atoms with van der Waals surface area (Å²) in [5.74, 6) is 1.62. The van der Waals surface area contributed by atoms with Crippen LogP contribution in [0.15, 0.2) is 77.3 Å². The minimum atomic E-state index is 0.0406. The third-order valence-electron chi connectivity index (χ3n) is 6.17. The molecule has 6 heteroatoms. The highest BCUT2D eigenvalue weighted by Gasteiger charge is 2.20. The van der Waals surface area contributed by atoms with Gasteiger partial charge in [0, 0.05) is 48.8 Å². The molecule has 5 nitrogen and oxygen atoms in total. The lowest BCUT2D eigenvalue weighted by atomic mass is 10.1. The molecule has 0 bridgehead atoms. The summed E-state index contributed by atoms with van der Waals surface area (Å²) < 4.78 is 12.6. The number of ether oxygens (including phenoxy) is 2. The lowest BCUT2D eigenvalue weighted by molar-refractivity contribution is -0.127. The van der Waals surface area contributed by atoms with Crippen molar-refractivity contribution in [3.05, 3.63) is 99.5 Å². The fourth-order valence-corrected chi connectivity index (χ4v) is 4.49. The van der Waals surface area contributed by atoms with E-state index < -0.39 is 0 Å². The molecule has 1 saturated heterocycles. The normalized spacial score (nSPS) is 14.3. The van der Waals surface area contributed by atoms with E-state index in [1.165, 1.54) is 11.1 Å². The average Bonchev–Trinajstić information content (AvgIpc) is 2.89. The lowest BCUT2D eigenvalue weighted by Gasteiger charge is -2.34. The summed E-state index contributed by atoms with van der Waals surface area (Å²) in [6.07, 6.45) is 3.53. The van der Waals surface area contributed by atoms with Gasteiger partial charge in [0.05, 0.1) is 7.11 Å². The van der Waals surface area contributed by atoms with Crippen LogP contribution in [0, 0.1) is 6.92 Å². The van der Waals surface area contributed by atoms with Crippen molar-refractivity contribution in [3.8, 4) is 11.5 Å². The lowest BCUT2D eigenvalue weighted by Crippen LogP contribution is -2.47. The molecular weight excluding hydrogens is 504 g/mol. The summed E-state index contributed by atoms with van der Waals surface area (Å²) in [6.45, 7) is 6.51. The second-order valence-corrected chi connectivity index (χ2v) is 9.55. The number of nitrogens with zero attached hydrogens (tertiary/aromatic N) is 2. The molecule has 182 valence electrons. The highest BCUT2D eigenvalue weighted by molar-refractivity contribution is 9.10. The van der Waals surface area contributed by atoms with E-state index in [1.54, 1.807) is 13.2 Å². The molecule has 3 aromatic rings. The number of hydrogen-bond acceptors (Lipinski definition) is 4. The van der Waals surface area contributed by atoms with Gasteiger partial charge in [-0.15, -0.1) is 0 Å². The Morgan fingerprint density at radius 1 is 0.971 bits per heavy atom. The quantitative estimate of drug-likeness (QED) is 0.347. The maximum absolute atomic E-state index is 12.8. The van der Waals surface area contributed by atoms with Crippen molar-refractivity contribution in [1.29, 1.82) is 0 Å². The van der Waals surface area contributed by atoms with Crippen LogP contribution in [0.5, 0.6) is 11.5 Å². The Labute approximate surface area is 216 Å². The first-order chi connectivity index (χ1) is 17.0. The number of amides is 1. The Balaban J connectivity index is 1.32. The minimum absolute atomic E-state index is 0.0406. The second-order valence-electron chi connectivity index (χ2n) is 8.70. The second kappa shape index (κ2) is 12.0. The molecule has 0 atom stereocenters. The van der Waals surface area contributed by atoms with Gasteiger partial charge in [0.15, 0.2) is 0 Å². The SMILES string of the molecule is COc1ccc(/C=C/C(=O)N2CCN(Cc3ccccc3Br)CC2)cc1COc1ccc(C)cc1. The molecule has 0 N–H and O–H groups in total. The number of aryl methyl sites for hydroxylation is 1. The minimum Gasteiger partial charge on any atom is -0.496 e. The molecule has 0 unspecified atom stereocenters. The summed E-state index contributed by atoms with van der Waals surface area (Å²) in [7, 11) is 1.65. The maximum Gasteiger partial charge on any atom is 0.246 e. The molecule has 4 rings (SSSR count). The zero-order valence-corrected chi connectivity index (χ0v) is 21.8. The zero-order valence-electron chi connectivity index (χ0n) is 20.2. The van der Waals surface area contributed by atoms with E-state index in [9.17, 15) is 4.79 Å². The Hall–Kier alpha value is -3.09. The van der Waals surface area contributed by atoms with Gasteiger partial charge in [-0.2, -0.15) is 0 Å². The van der Waals surface area contributed by atoms with E-state index in [4.69, 9.17) is 9.47 Å². The van der Waals surface area contributed by atoms with Gasteiger partial charge in [0.25, 0.3) is 0 Å². The fourth-order valence-electron chi connectivity index (χ4n) is 4.08. The number of carbonyl (C=O) groups excluding carboxylic acids is 1. The van der Waals surface area contributed by atoms with Crippen LogP contribution in [0.25, 0.3) is 6.08 Å². The molecule has 35 heavy (non-hydrogen) atoms. The molecule has 1 aliphatic rings. The van der Waals surface area contributed by atoms with Crippen molar-refractivity contribution in [2.75, 3.05) is 33.3 Å². The fraction of sp³-hybridized carbons (Fsp3) is 0.276. The van der Waals surface area contributed by atoms with Gasteiger partial charge in [0.1, 0.15) is 18.1 Å². The van der Waals surface area contributed by atoms with Crippen LogP contribution in [0.4, 0.5) is 0 Å². The summed E-state index contributed by atoms with van der Waals surface area (Å²) >= 11 is 3.62. The van der Waals surface area contributed by atoms with Gasteiger partial charge < -0.3 is 14.4 Å². The van der Waals surface area contributed by atoms with Crippen LogP contribution >= 0.6 is 15.9 Å². The third kappa shape index (κ3) is 6.96. The van der Waals surface area contributed by atoms with E-state index in [-0.39, 0.29) is 5.91 Å². The highest BCUT2D eigenvalue weighted by atomic mass is 79.9. The van der Waals surface area contributed by atoms with Crippen LogP contribution in [0.2, 0.25) is 0 Å². The summed E-state index contributed by atoms with van der Waals surface area (Å²) in [4.78, 5) is 17.1. The Kier molecular flexibility index (Phi) is 8.61. The van der Waals surface area contributed by atoms with Crippen molar-refractivity contribution in [2.24, 2.45) is 0 Å². The first kappa shape index (κ1) is 25.0. The number of piperazine rings is 1. The summed E-state index contributed by atoms with van der Waals surface area (Å²) in [5.41, 5.74) is 4.34. The third-order valence-corrected chi connectivity index (χ3v) is 6.95. The van der Waals surface area contributed by atoms with Gasteiger partial charge in [-0.3, -0.25) is 9.69 Å². The van der Waals surface area contributed by atoms with E-state index >= 15 is 0 Å². The van der Waals surface area contributed by atoms with E-state index in [2.05, 4.69) is 39.0 Å². The number of carbonyl (C=O) groups is 1. The van der Waals surface area contributed by atoms with Crippen molar-refractivity contribution < 1.29 is 14.3 Å². The molecular formula is C29H31BrN2O3. The van der Waals surface area contributed by atoms with E-state index in [0.717, 1.165) is 59.8 Å². The van der Waals surface area contributed by atoms with Crippen LogP contribution in [-0.4, -0.2) is 49.0 Å². The molecule has 1 aliphatic heterocycles. The van der Waals surface area contributed by atoms with Gasteiger partial charge in [-0.1, -0.05) is 57.9 Å². The zero-order chi connectivity index (χ0) is 24.6. The number of halogens is 1. The summed E-state index contributed by atoms with van der Waals surface area (Å²) in [5, 5.41) is 0. The molecule has 1 heterocycles. The Morgan fingerprint density at radius 2 is 1.71 bits per heavy atom. The molecule has 0 saturated carbocycles. The van der Waals surface area contributed by atoms with Crippen molar-refractivity contribution in [3.63, 3.8) is 0 Å². The van der Waals surface area contributed by atoms with Gasteiger partial charge >= 0.3 is 0 Å². The molecule has 0 radical (unpaired) electrons. The Morgan fingerprint density at radius 3 is 2.43 bits per heavy atom. The standard InChI is InChI=1S/C29H31BrN2O3/c1-22-7-11-26(12-8-22)35-21-25-19-23(9-13-28(25)34-2)10-14-29(33)32-17-15-31(16-18-32)20-24-5-3-4-6-27(24)30/h3-14,19H,15-18,20-21H2,1-2H3/b14-10+. The monoisotopic (exact) mass is 534 g/mol. The first-order valence-electron chi connectivity index (χ1n) is 11.8. The average molecular weight is 535 g/mol. The van der Waals surface area contributed by atoms with Crippen LogP contribution in [-0.2, 0) is 17.9 Å². The van der Waals surface area contributed by atoms with Gasteiger partial charge in [-0.05, 0) is 54.5 Å². The van der Waals surface area contributed by atoms with Crippen molar-refractivity contribution in [2.45, 2.75) is 20.1 Å². The van der Waals surface area contributed by atoms with E-state index in [0.29, 0.717) is 6.61 Å². The Bertz CT molecular complexity index is 1170. The summed E-state index contributed by atoms with van der Waals surface area (Å²) in [6, 6.07) is 22.1. The molecule has 0 aromatic heterocycles. The van der Waals surface area contributed by atoms with Crippen molar-refractivity contribution in [1.82, 2.24) is 9.80 Å². The number of benzene rings is 3. The first-order valence-corrected chi connectivity index (χ1v) is 12.6.